The van der Waals surface area contributed by atoms with E-state index in [1.165, 1.54) is 148 Å². The number of aliphatic hydroxyl groups excluding tert-OH is 2. The molecule has 4 fully saturated rings. The van der Waals surface area contributed by atoms with Crippen LogP contribution in [0.15, 0.2) is 90.0 Å². The van der Waals surface area contributed by atoms with Crippen molar-refractivity contribution in [3.63, 3.8) is 0 Å². The standard InChI is InChI=1S/C81H121NO12/c1-56-48-57(2)50-73(91-7)76-74(92-8)52-59(4)81(89,94-76)77(86)78(87)82-47-34-31-41-68(82)79(88)93-75(58(3)51-61-42-43-69(83)72(53-61)90-6)60(5)70(84)55-71(85)63(49-56)37-35-46-80(67-54-62-36-27-28-38-64(62)65-39-29-30-40-66(65)67)44-32-25-23-21-19-17-15-13-11-9-10-12-14-16-18-20-22-24-26-33-45-80/h27-30,35-36,38-40,46,49,51,54,57,59-61,63,68-70,72-76,83-84,89H,9-26,31-34,37,41-45,47-48,50,52-53,55H2,1-8H3/b46-35+,56-49+,58-51+/t57-,59+,60+,61-,63?,68-,69+,70-,72+,73-,74-,75+,76+,81+/m0/s1. The Bertz CT molecular complexity index is 2940. The molecule has 8 rings (SSSR count). The summed E-state index contributed by atoms with van der Waals surface area (Å²) in [6.07, 6.45) is 35.5. The molecule has 5 aliphatic rings. The van der Waals surface area contributed by atoms with E-state index in [2.05, 4.69) is 86.7 Å². The number of ketones is 2. The van der Waals surface area contributed by atoms with Crippen molar-refractivity contribution in [1.29, 1.82) is 0 Å². The summed E-state index contributed by atoms with van der Waals surface area (Å²) in [6.45, 7) is 9.61. The topological polar surface area (TPSA) is 178 Å². The summed E-state index contributed by atoms with van der Waals surface area (Å²) in [5.41, 5.74) is 2.68. The first-order chi connectivity index (χ1) is 45.4. The van der Waals surface area contributed by atoms with Gasteiger partial charge in [0.2, 0.25) is 5.79 Å². The van der Waals surface area contributed by atoms with Crippen LogP contribution >= 0.6 is 0 Å². The number of esters is 1. The van der Waals surface area contributed by atoms with E-state index in [1.807, 2.05) is 19.9 Å². The number of carbonyl (C=O) groups is 4. The summed E-state index contributed by atoms with van der Waals surface area (Å²) in [5.74, 6) is -7.95. The molecule has 2 bridgehead atoms. The predicted molar refractivity (Wildman–Crippen MR) is 376 cm³/mol. The molecule has 14 atom stereocenters. The second-order valence-corrected chi connectivity index (χ2v) is 29.8. The highest BCUT2D eigenvalue weighted by Gasteiger charge is 2.57. The van der Waals surface area contributed by atoms with Crippen molar-refractivity contribution in [3.8, 4) is 0 Å². The van der Waals surface area contributed by atoms with Gasteiger partial charge in [0.15, 0.2) is 0 Å². The van der Waals surface area contributed by atoms with E-state index in [-0.39, 0.29) is 54.9 Å². The van der Waals surface area contributed by atoms with E-state index >= 15 is 4.79 Å². The molecule has 1 amide bonds. The summed E-state index contributed by atoms with van der Waals surface area (Å²) in [4.78, 5) is 61.2. The predicted octanol–water partition coefficient (Wildman–Crippen LogP) is 16.8. The van der Waals surface area contributed by atoms with Gasteiger partial charge >= 0.3 is 5.97 Å². The number of amides is 1. The van der Waals surface area contributed by atoms with Gasteiger partial charge in [0.25, 0.3) is 11.7 Å². The number of methoxy groups -OCH3 is 3. The number of rotatable bonds is 9. The average Bonchev–Trinajstić information content (AvgIpc) is 0.763. The van der Waals surface area contributed by atoms with Crippen LogP contribution in [0.1, 0.15) is 252 Å². The first-order valence-electron chi connectivity index (χ1n) is 37.3. The van der Waals surface area contributed by atoms with Gasteiger partial charge in [-0.25, -0.2) is 4.79 Å². The van der Waals surface area contributed by atoms with Gasteiger partial charge in [-0.05, 0) is 141 Å². The van der Waals surface area contributed by atoms with Crippen LogP contribution in [0.3, 0.4) is 0 Å². The van der Waals surface area contributed by atoms with Crippen LogP contribution < -0.4 is 0 Å². The third-order valence-electron chi connectivity index (χ3n) is 22.6. The zero-order chi connectivity index (χ0) is 67.2. The molecule has 522 valence electrons. The zero-order valence-corrected chi connectivity index (χ0v) is 59.0. The molecular formula is C81H121NO12. The maximum absolute atomic E-state index is 15.6. The number of allylic oxidation sites excluding steroid dienone is 5. The van der Waals surface area contributed by atoms with Crippen LogP contribution in [0.25, 0.3) is 21.5 Å². The van der Waals surface area contributed by atoms with Gasteiger partial charge in [-0.3, -0.25) is 14.4 Å². The summed E-state index contributed by atoms with van der Waals surface area (Å²) in [7, 11) is 4.74. The number of benzene rings is 3. The maximum atomic E-state index is 15.6. The molecule has 0 spiro atoms. The monoisotopic (exact) mass is 1300 g/mol. The van der Waals surface area contributed by atoms with Crippen LogP contribution in [0, 0.1) is 29.6 Å². The van der Waals surface area contributed by atoms with Gasteiger partial charge < -0.3 is 43.9 Å². The number of cyclic esters (lactones) is 1. The first kappa shape index (κ1) is 75.2. The fourth-order valence-electron chi connectivity index (χ4n) is 16.9. The van der Waals surface area contributed by atoms with E-state index in [0.29, 0.717) is 56.9 Å². The summed E-state index contributed by atoms with van der Waals surface area (Å²) in [6, 6.07) is 19.0. The number of nitrogens with zero attached hydrogens (tertiary/aromatic N) is 1. The average molecular weight is 1300 g/mol. The van der Waals surface area contributed by atoms with E-state index in [9.17, 15) is 29.7 Å². The second-order valence-electron chi connectivity index (χ2n) is 29.8. The molecule has 3 aromatic carbocycles. The number of carbonyl (C=O) groups excluding carboxylic acids is 4. The van der Waals surface area contributed by atoms with Crippen LogP contribution in [0.5, 0.6) is 0 Å². The lowest BCUT2D eigenvalue weighted by Crippen LogP contribution is -2.64. The molecule has 2 saturated carbocycles. The Balaban J connectivity index is 1.18. The third-order valence-corrected chi connectivity index (χ3v) is 22.6. The van der Waals surface area contributed by atoms with E-state index in [1.54, 1.807) is 28.3 Å². The SMILES string of the molecule is CO[C@H]1C[C@@H](C)C/C(C)=C/C(C/C=C/C2(c3cc4ccccc4c4ccccc34)CCCCCCCCCCCCCCCCCCCCCC2)C(=O)C[C@H](O)[C@@H](C)[C@@H](/C(C)=C/[C@@H]2CC[C@@H](O)[C@H](OC)C2)OC(=O)[C@@H]2CCCCN2C(=O)C(=O)[C@]2(O)O[C@H]1[C@@H](OC)C[C@H]2C. The van der Waals surface area contributed by atoms with Crippen molar-refractivity contribution in [2.24, 2.45) is 29.6 Å². The fraction of sp³-hybridized carbons (Fsp3) is 0.704. The highest BCUT2D eigenvalue weighted by Crippen LogP contribution is 2.45. The van der Waals surface area contributed by atoms with Crippen LogP contribution in [-0.4, -0.2) is 126 Å². The normalized spacial score (nSPS) is 33.4. The minimum Gasteiger partial charge on any atom is -0.456 e. The van der Waals surface area contributed by atoms with Crippen molar-refractivity contribution in [2.75, 3.05) is 27.9 Å². The van der Waals surface area contributed by atoms with Crippen LogP contribution in [-0.2, 0) is 48.3 Å². The Kier molecular flexibility index (Phi) is 29.9. The molecule has 3 aliphatic heterocycles. The fourth-order valence-corrected chi connectivity index (χ4v) is 16.9. The van der Waals surface area contributed by atoms with Crippen molar-refractivity contribution >= 4 is 45.0 Å². The van der Waals surface area contributed by atoms with Gasteiger partial charge in [0.05, 0.1) is 30.5 Å². The van der Waals surface area contributed by atoms with E-state index in [4.69, 9.17) is 23.7 Å². The molecule has 1 unspecified atom stereocenters. The van der Waals surface area contributed by atoms with Crippen LogP contribution in [0.2, 0.25) is 0 Å². The largest absolute Gasteiger partial charge is 0.456 e. The number of piperidine rings is 1. The first-order valence-corrected chi connectivity index (χ1v) is 37.3. The highest BCUT2D eigenvalue weighted by molar-refractivity contribution is 6.39. The lowest BCUT2D eigenvalue weighted by Gasteiger charge is -2.47. The summed E-state index contributed by atoms with van der Waals surface area (Å²) in [5, 5.41) is 40.9. The molecule has 2 saturated heterocycles. The molecule has 3 heterocycles. The molecule has 0 radical (unpaired) electrons. The molecule has 13 nitrogen and oxygen atoms in total. The van der Waals surface area contributed by atoms with Gasteiger partial charge in [-0.2, -0.15) is 0 Å². The molecule has 0 aromatic heterocycles. The van der Waals surface area contributed by atoms with Crippen molar-refractivity contribution < 1.29 is 58.2 Å². The van der Waals surface area contributed by atoms with Crippen molar-refractivity contribution in [1.82, 2.24) is 4.90 Å². The Labute approximate surface area is 565 Å². The highest BCUT2D eigenvalue weighted by atomic mass is 16.7. The molecule has 2 aliphatic carbocycles. The molecule has 94 heavy (non-hydrogen) atoms. The minimum absolute atomic E-state index is 0.0401. The van der Waals surface area contributed by atoms with Crippen LogP contribution in [0.4, 0.5) is 0 Å². The zero-order valence-electron chi connectivity index (χ0n) is 59.0. The van der Waals surface area contributed by atoms with Crippen molar-refractivity contribution in [3.05, 3.63) is 95.6 Å². The molecule has 3 aromatic rings. The maximum Gasteiger partial charge on any atom is 0.329 e. The van der Waals surface area contributed by atoms with Gasteiger partial charge in [0, 0.05) is 57.5 Å². The lowest BCUT2D eigenvalue weighted by molar-refractivity contribution is -0.302. The lowest BCUT2D eigenvalue weighted by atomic mass is 9.70. The number of hydrogen-bond donors (Lipinski definition) is 3. The smallest absolute Gasteiger partial charge is 0.329 e. The quantitative estimate of drug-likeness (QED) is 0.0800. The van der Waals surface area contributed by atoms with Gasteiger partial charge in [-0.15, -0.1) is 0 Å². The summed E-state index contributed by atoms with van der Waals surface area (Å²) >= 11 is 0. The number of aliphatic hydroxyl groups is 3. The Morgan fingerprint density at radius 2 is 1.19 bits per heavy atom. The van der Waals surface area contributed by atoms with E-state index < -0.39 is 83.9 Å². The number of fused-ring (bicyclic) bond motifs is 6. The number of Topliss-reactive ketones (excluding diaryl/α,β-unsaturated/α-hetero) is 2. The Morgan fingerprint density at radius 1 is 0.638 bits per heavy atom. The third kappa shape index (κ3) is 20.0. The molecular weight excluding hydrogens is 1180 g/mol. The Hall–Kier alpha value is -4.60. The molecule has 13 heteroatoms. The second kappa shape index (κ2) is 37.4. The summed E-state index contributed by atoms with van der Waals surface area (Å²) < 4.78 is 30.9. The Morgan fingerprint density at radius 3 is 1.79 bits per heavy atom. The molecule has 3 N–H and O–H groups in total. The number of ether oxygens (including phenoxy) is 5. The number of hydrogen-bond acceptors (Lipinski definition) is 12. The van der Waals surface area contributed by atoms with Crippen molar-refractivity contribution in [2.45, 2.75) is 306 Å². The minimum atomic E-state index is -2.55. The van der Waals surface area contributed by atoms with Gasteiger partial charge in [-0.1, -0.05) is 228 Å². The van der Waals surface area contributed by atoms with Gasteiger partial charge in [0.1, 0.15) is 24.0 Å². The van der Waals surface area contributed by atoms with E-state index in [0.717, 1.165) is 31.3 Å².